The summed E-state index contributed by atoms with van der Waals surface area (Å²) < 4.78 is 0. The molecule has 0 saturated heterocycles. The molecule has 0 aliphatic heterocycles. The van der Waals surface area contributed by atoms with Gasteiger partial charge in [0.25, 0.3) is 0 Å². The molecule has 1 heterocycles. The van der Waals surface area contributed by atoms with Crippen LogP contribution in [0.4, 0.5) is 5.69 Å². The molecule has 7 nitrogen and oxygen atoms in total. The number of aryl methyl sites for hydroxylation is 1. The summed E-state index contributed by atoms with van der Waals surface area (Å²) in [6, 6.07) is 14.0. The van der Waals surface area contributed by atoms with Crippen LogP contribution in [-0.4, -0.2) is 32.8 Å². The summed E-state index contributed by atoms with van der Waals surface area (Å²) in [5.74, 6) is -0.707. The van der Waals surface area contributed by atoms with E-state index in [9.17, 15) is 14.7 Å². The van der Waals surface area contributed by atoms with Gasteiger partial charge in [-0.05, 0) is 30.2 Å². The van der Waals surface area contributed by atoms with Gasteiger partial charge in [-0.1, -0.05) is 48.2 Å². The molecule has 0 unspecified atom stereocenters. The number of carbonyl (C=O) groups is 2. The van der Waals surface area contributed by atoms with E-state index in [4.69, 9.17) is 0 Å². The molecule has 0 aliphatic carbocycles. The zero-order chi connectivity index (χ0) is 18.5. The molecule has 3 aromatic rings. The number of aromatic carboxylic acids is 1. The normalized spacial score (nSPS) is 10.5. The van der Waals surface area contributed by atoms with Crippen LogP contribution in [0.1, 0.15) is 15.9 Å². The Balaban J connectivity index is 1.58. The van der Waals surface area contributed by atoms with E-state index in [1.54, 1.807) is 13.0 Å². The van der Waals surface area contributed by atoms with E-state index in [1.807, 2.05) is 30.3 Å². The Morgan fingerprint density at radius 1 is 1.19 bits per heavy atom. The van der Waals surface area contributed by atoms with Gasteiger partial charge in [-0.2, -0.15) is 0 Å². The van der Waals surface area contributed by atoms with Crippen molar-refractivity contribution >= 4 is 29.3 Å². The summed E-state index contributed by atoms with van der Waals surface area (Å²) in [5.41, 5.74) is 2.19. The molecule has 0 saturated carbocycles. The van der Waals surface area contributed by atoms with Crippen LogP contribution in [0.2, 0.25) is 0 Å². The quantitative estimate of drug-likeness (QED) is 0.644. The van der Waals surface area contributed by atoms with Gasteiger partial charge in [-0.15, -0.1) is 5.10 Å². The number of nitrogens with zero attached hydrogens (tertiary/aromatic N) is 2. The van der Waals surface area contributed by atoms with Crippen molar-refractivity contribution in [1.82, 2.24) is 15.2 Å². The molecule has 132 valence electrons. The molecule has 2 aromatic carbocycles. The second-order valence-electron chi connectivity index (χ2n) is 5.49. The highest BCUT2D eigenvalue weighted by Gasteiger charge is 2.10. The number of carbonyl (C=O) groups excluding carboxylic acids is 2. The van der Waals surface area contributed by atoms with E-state index in [-0.39, 0.29) is 17.2 Å². The fourth-order valence-corrected chi connectivity index (χ4v) is 2.88. The van der Waals surface area contributed by atoms with Gasteiger partial charge in [-0.25, -0.2) is 4.98 Å². The predicted molar refractivity (Wildman–Crippen MR) is 96.7 cm³/mol. The van der Waals surface area contributed by atoms with Crippen molar-refractivity contribution in [3.8, 4) is 11.4 Å². The highest BCUT2D eigenvalue weighted by atomic mass is 32.2. The first-order chi connectivity index (χ1) is 12.5. The first-order valence-electron chi connectivity index (χ1n) is 7.75. The maximum Gasteiger partial charge on any atom is 0.234 e. The number of carboxylic acids is 1. The van der Waals surface area contributed by atoms with Crippen molar-refractivity contribution in [1.29, 1.82) is 0 Å². The van der Waals surface area contributed by atoms with E-state index < -0.39 is 5.97 Å². The molecule has 1 aromatic heterocycles. The fourth-order valence-electron chi connectivity index (χ4n) is 2.28. The highest BCUT2D eigenvalue weighted by molar-refractivity contribution is 7.99. The Kier molecular flexibility index (Phi) is 5.33. The number of amides is 1. The van der Waals surface area contributed by atoms with Crippen molar-refractivity contribution in [2.45, 2.75) is 12.1 Å². The minimum Gasteiger partial charge on any atom is -0.545 e. The van der Waals surface area contributed by atoms with Gasteiger partial charge < -0.3 is 15.2 Å². The minimum absolute atomic E-state index is 0.0732. The molecule has 0 atom stereocenters. The number of thioether (sulfide) groups is 1. The van der Waals surface area contributed by atoms with Crippen LogP contribution in [0, 0.1) is 6.92 Å². The molecule has 3 rings (SSSR count). The largest absolute Gasteiger partial charge is 0.545 e. The van der Waals surface area contributed by atoms with E-state index in [1.165, 1.54) is 23.9 Å². The molecular weight excluding hydrogens is 352 g/mol. The van der Waals surface area contributed by atoms with Gasteiger partial charge in [0.05, 0.1) is 11.7 Å². The monoisotopic (exact) mass is 367 g/mol. The topological polar surface area (TPSA) is 111 Å². The zero-order valence-electron chi connectivity index (χ0n) is 13.9. The fraction of sp³-hybridized carbons (Fsp3) is 0.111. The number of nitrogens with one attached hydrogen (secondary N) is 2. The molecule has 2 N–H and O–H groups in total. The number of carboxylic acid groups (broad SMARTS) is 1. The average Bonchev–Trinajstić information content (AvgIpc) is 3.11. The van der Waals surface area contributed by atoms with Gasteiger partial charge in [0.1, 0.15) is 0 Å². The lowest BCUT2D eigenvalue weighted by atomic mass is 10.1. The summed E-state index contributed by atoms with van der Waals surface area (Å²) in [5, 5.41) is 21.0. The summed E-state index contributed by atoms with van der Waals surface area (Å²) in [6.45, 7) is 1.72. The number of benzene rings is 2. The van der Waals surface area contributed by atoms with Crippen LogP contribution in [-0.2, 0) is 4.79 Å². The molecule has 0 fully saturated rings. The second-order valence-corrected chi connectivity index (χ2v) is 6.43. The first-order valence-corrected chi connectivity index (χ1v) is 8.74. The molecule has 1 amide bonds. The number of H-pyrrole nitrogens is 1. The van der Waals surface area contributed by atoms with Crippen LogP contribution in [0.25, 0.3) is 11.4 Å². The SMILES string of the molecule is Cc1cc(C(=O)[O-])ccc1NC(=O)CSc1n[nH]c(-c2ccccc2)n1. The van der Waals surface area contributed by atoms with Crippen LogP contribution < -0.4 is 10.4 Å². The Hall–Kier alpha value is -3.13. The zero-order valence-corrected chi connectivity index (χ0v) is 14.7. The molecule has 26 heavy (non-hydrogen) atoms. The van der Waals surface area contributed by atoms with E-state index >= 15 is 0 Å². The summed E-state index contributed by atoms with van der Waals surface area (Å²) in [6.07, 6.45) is 0. The summed E-state index contributed by atoms with van der Waals surface area (Å²) in [7, 11) is 0. The average molecular weight is 367 g/mol. The van der Waals surface area contributed by atoms with Crippen LogP contribution in [0.3, 0.4) is 0 Å². The van der Waals surface area contributed by atoms with Crippen molar-refractivity contribution < 1.29 is 14.7 Å². The number of aromatic amines is 1. The Labute approximate surface area is 153 Å². The number of rotatable bonds is 6. The number of aromatic nitrogens is 3. The van der Waals surface area contributed by atoms with Crippen LogP contribution in [0.15, 0.2) is 53.7 Å². The maximum absolute atomic E-state index is 12.1. The molecule has 8 heteroatoms. The van der Waals surface area contributed by atoms with E-state index in [0.717, 1.165) is 5.56 Å². The van der Waals surface area contributed by atoms with Crippen molar-refractivity contribution in [3.05, 3.63) is 59.7 Å². The lowest BCUT2D eigenvalue weighted by molar-refractivity contribution is -0.255. The smallest absolute Gasteiger partial charge is 0.234 e. The lowest BCUT2D eigenvalue weighted by Gasteiger charge is -2.10. The van der Waals surface area contributed by atoms with Gasteiger partial charge in [-0.3, -0.25) is 9.89 Å². The molecular formula is C18H15N4O3S-. The standard InChI is InChI=1S/C18H16N4O3S/c1-11-9-13(17(24)25)7-8-14(11)19-15(23)10-26-18-20-16(21-22-18)12-5-3-2-4-6-12/h2-9H,10H2,1H3,(H,19,23)(H,24,25)(H,20,21,22)/p-1. The summed E-state index contributed by atoms with van der Waals surface area (Å²) in [4.78, 5) is 27.3. The minimum atomic E-state index is -1.25. The van der Waals surface area contributed by atoms with Crippen LogP contribution in [0.5, 0.6) is 0 Å². The molecule has 0 aliphatic rings. The Morgan fingerprint density at radius 3 is 2.65 bits per heavy atom. The third-order valence-corrected chi connectivity index (χ3v) is 4.43. The Bertz CT molecular complexity index is 941. The van der Waals surface area contributed by atoms with Gasteiger partial charge in [0.2, 0.25) is 11.1 Å². The third kappa shape index (κ3) is 4.28. The maximum atomic E-state index is 12.1. The van der Waals surface area contributed by atoms with Gasteiger partial charge >= 0.3 is 0 Å². The van der Waals surface area contributed by atoms with Gasteiger partial charge in [0.15, 0.2) is 5.82 Å². The van der Waals surface area contributed by atoms with Crippen molar-refractivity contribution in [2.24, 2.45) is 0 Å². The van der Waals surface area contributed by atoms with Crippen LogP contribution >= 0.6 is 11.8 Å². The number of hydrogen-bond acceptors (Lipinski definition) is 6. The van der Waals surface area contributed by atoms with Gasteiger partial charge in [0, 0.05) is 11.3 Å². The first kappa shape index (κ1) is 17.7. The van der Waals surface area contributed by atoms with E-state index in [2.05, 4.69) is 20.5 Å². The number of hydrogen-bond donors (Lipinski definition) is 2. The molecule has 0 spiro atoms. The third-order valence-electron chi connectivity index (χ3n) is 3.58. The number of anilines is 1. The molecule has 0 radical (unpaired) electrons. The molecule has 0 bridgehead atoms. The second kappa shape index (κ2) is 7.83. The highest BCUT2D eigenvalue weighted by Crippen LogP contribution is 2.20. The predicted octanol–water partition coefficient (Wildman–Crippen LogP) is 1.87. The summed E-state index contributed by atoms with van der Waals surface area (Å²) >= 11 is 1.21. The lowest BCUT2D eigenvalue weighted by Crippen LogP contribution is -2.22. The Morgan fingerprint density at radius 2 is 1.96 bits per heavy atom. The van der Waals surface area contributed by atoms with E-state index in [0.29, 0.717) is 22.2 Å². The van der Waals surface area contributed by atoms with Crippen molar-refractivity contribution in [3.63, 3.8) is 0 Å². The van der Waals surface area contributed by atoms with Crippen molar-refractivity contribution in [2.75, 3.05) is 11.1 Å².